The summed E-state index contributed by atoms with van der Waals surface area (Å²) in [6.45, 7) is 8.34. The topological polar surface area (TPSA) is 97.2 Å². The van der Waals surface area contributed by atoms with Crippen LogP contribution in [0.4, 0.5) is 10.7 Å². The summed E-state index contributed by atoms with van der Waals surface area (Å²) in [6, 6.07) is 3.91. The summed E-state index contributed by atoms with van der Waals surface area (Å²) in [5, 5.41) is 3.39. The van der Waals surface area contributed by atoms with E-state index in [9.17, 15) is 19.2 Å². The Morgan fingerprint density at radius 2 is 1.91 bits per heavy atom. The van der Waals surface area contributed by atoms with Crippen molar-refractivity contribution in [1.82, 2.24) is 0 Å². The molecule has 1 aromatic carbocycles. The fourth-order valence-corrected chi connectivity index (χ4v) is 8.38. The van der Waals surface area contributed by atoms with E-state index in [2.05, 4.69) is 5.32 Å². The van der Waals surface area contributed by atoms with E-state index in [4.69, 9.17) is 4.74 Å². The number of nitrogens with one attached hydrogen (secondary N) is 2. The Bertz CT molecular complexity index is 1360. The molecule has 8 nitrogen and oxygen atoms in total. The SMILES string of the molecule is COC(=O)c1c(N2C(=O)[C@H]3[C@@H](C2=O)[C@@]2(C(=O)Nc4c(C)cc(C)cc42)[NH+]2CCC[C@@H]32)sc(C)c1C. The molecule has 5 heterocycles. The van der Waals surface area contributed by atoms with E-state index in [0.717, 1.165) is 51.5 Å². The average molecular weight is 495 g/mol. The summed E-state index contributed by atoms with van der Waals surface area (Å²) in [4.78, 5) is 57.9. The number of hydrogen-bond acceptors (Lipinski definition) is 6. The summed E-state index contributed by atoms with van der Waals surface area (Å²) < 4.78 is 5.00. The third-order valence-corrected chi connectivity index (χ3v) is 9.82. The van der Waals surface area contributed by atoms with Crippen LogP contribution in [0.15, 0.2) is 12.1 Å². The van der Waals surface area contributed by atoms with Gasteiger partial charge in [0.25, 0.3) is 5.91 Å². The van der Waals surface area contributed by atoms with Gasteiger partial charge in [-0.15, -0.1) is 11.3 Å². The Labute approximate surface area is 207 Å². The molecule has 0 saturated carbocycles. The number of rotatable bonds is 2. The molecule has 0 radical (unpaired) electrons. The summed E-state index contributed by atoms with van der Waals surface area (Å²) in [5.41, 5.74) is 3.36. The number of aryl methyl sites for hydroxylation is 3. The molecule has 5 atom stereocenters. The van der Waals surface area contributed by atoms with Crippen LogP contribution in [0.5, 0.6) is 0 Å². The molecular formula is C26H28N3O5S+. The zero-order valence-electron chi connectivity index (χ0n) is 20.4. The van der Waals surface area contributed by atoms with Crippen molar-refractivity contribution < 1.29 is 28.8 Å². The van der Waals surface area contributed by atoms with Gasteiger partial charge in [0, 0.05) is 23.3 Å². The molecule has 6 rings (SSSR count). The second-order valence-electron chi connectivity index (χ2n) is 10.3. The fraction of sp³-hybridized carbons (Fsp3) is 0.462. The highest BCUT2D eigenvalue weighted by Gasteiger charge is 2.78. The minimum absolute atomic E-state index is 0.122. The normalized spacial score (nSPS) is 30.7. The second-order valence-corrected chi connectivity index (χ2v) is 11.5. The summed E-state index contributed by atoms with van der Waals surface area (Å²) in [7, 11) is 1.29. The molecule has 1 unspecified atom stereocenters. The second kappa shape index (κ2) is 7.24. The lowest BCUT2D eigenvalue weighted by molar-refractivity contribution is -0.948. The van der Waals surface area contributed by atoms with Crippen LogP contribution < -0.4 is 15.1 Å². The van der Waals surface area contributed by atoms with Gasteiger partial charge in [-0.1, -0.05) is 11.6 Å². The number of anilines is 2. The first-order chi connectivity index (χ1) is 16.6. The van der Waals surface area contributed by atoms with Crippen molar-refractivity contribution in [3.8, 4) is 0 Å². The molecule has 4 aliphatic heterocycles. The number of methoxy groups -OCH3 is 1. The zero-order valence-corrected chi connectivity index (χ0v) is 21.2. The third kappa shape index (κ3) is 2.55. The maximum Gasteiger partial charge on any atom is 0.341 e. The summed E-state index contributed by atoms with van der Waals surface area (Å²) >= 11 is 1.25. The number of carbonyl (C=O) groups excluding carboxylic acids is 4. The van der Waals surface area contributed by atoms with Crippen molar-refractivity contribution in [2.75, 3.05) is 23.9 Å². The van der Waals surface area contributed by atoms with Gasteiger partial charge in [0.2, 0.25) is 17.4 Å². The highest BCUT2D eigenvalue weighted by atomic mass is 32.1. The van der Waals surface area contributed by atoms with Gasteiger partial charge in [0.15, 0.2) is 0 Å². The zero-order chi connectivity index (χ0) is 25.0. The number of nitrogens with zero attached hydrogens (tertiary/aromatic N) is 1. The predicted molar refractivity (Wildman–Crippen MR) is 130 cm³/mol. The highest BCUT2D eigenvalue weighted by molar-refractivity contribution is 7.17. The predicted octanol–water partition coefficient (Wildman–Crippen LogP) is 1.78. The van der Waals surface area contributed by atoms with Crippen LogP contribution in [0.1, 0.15) is 50.3 Å². The first-order valence-electron chi connectivity index (χ1n) is 12.0. The van der Waals surface area contributed by atoms with Crippen LogP contribution in [0.2, 0.25) is 0 Å². The lowest BCUT2D eigenvalue weighted by Gasteiger charge is -2.33. The molecule has 9 heteroatoms. The number of esters is 1. The number of thiophene rings is 1. The van der Waals surface area contributed by atoms with Crippen LogP contribution in [0.3, 0.4) is 0 Å². The molecule has 3 saturated heterocycles. The number of imide groups is 1. The van der Waals surface area contributed by atoms with Crippen molar-refractivity contribution in [2.45, 2.75) is 52.1 Å². The van der Waals surface area contributed by atoms with E-state index in [1.54, 1.807) is 6.92 Å². The van der Waals surface area contributed by atoms with Crippen molar-refractivity contribution in [1.29, 1.82) is 0 Å². The number of fused-ring (bicyclic) bond motifs is 7. The van der Waals surface area contributed by atoms with Crippen LogP contribution in [0, 0.1) is 39.5 Å². The standard InChI is InChI=1S/C26H27N3O5S/c1-11-9-12(2)20-15(10-11)26(25(33)27-20)19-18(16-7-6-8-28(16)26)21(30)29(22(19)31)23-17(24(32)34-5)13(3)14(4)35-23/h9-10,16,18-19H,6-8H2,1-5H3,(H,27,33)/p+1/t16-,18+,19-,26-/m0/s1. The molecule has 2 N–H and O–H groups in total. The van der Waals surface area contributed by atoms with Gasteiger partial charge >= 0.3 is 5.97 Å². The van der Waals surface area contributed by atoms with Crippen molar-refractivity contribution >= 4 is 45.7 Å². The molecule has 182 valence electrons. The Morgan fingerprint density at radius 1 is 1.17 bits per heavy atom. The van der Waals surface area contributed by atoms with Crippen molar-refractivity contribution in [3.05, 3.63) is 44.8 Å². The maximum absolute atomic E-state index is 14.3. The number of carbonyl (C=O) groups is 4. The minimum Gasteiger partial charge on any atom is -0.465 e. The Kier molecular flexibility index (Phi) is 4.64. The van der Waals surface area contributed by atoms with E-state index in [-0.39, 0.29) is 23.4 Å². The number of hydrogen-bond donors (Lipinski definition) is 2. The van der Waals surface area contributed by atoms with Gasteiger partial charge < -0.3 is 15.0 Å². The molecule has 3 fully saturated rings. The minimum atomic E-state index is -1.15. The Hall–Kier alpha value is -3.04. The maximum atomic E-state index is 14.3. The van der Waals surface area contributed by atoms with E-state index < -0.39 is 29.3 Å². The number of benzene rings is 1. The molecule has 35 heavy (non-hydrogen) atoms. The van der Waals surface area contributed by atoms with Crippen molar-refractivity contribution in [3.63, 3.8) is 0 Å². The summed E-state index contributed by atoms with van der Waals surface area (Å²) in [5.74, 6) is -2.90. The molecule has 4 aliphatic rings. The van der Waals surface area contributed by atoms with E-state index in [1.165, 1.54) is 23.3 Å². The average Bonchev–Trinajstić information content (AvgIpc) is 3.56. The fourth-order valence-electron chi connectivity index (χ4n) is 7.23. The Morgan fingerprint density at radius 3 is 2.63 bits per heavy atom. The smallest absolute Gasteiger partial charge is 0.341 e. The lowest BCUT2D eigenvalue weighted by atomic mass is 9.75. The van der Waals surface area contributed by atoms with Gasteiger partial charge in [0.05, 0.1) is 24.9 Å². The van der Waals surface area contributed by atoms with E-state index >= 15 is 0 Å². The van der Waals surface area contributed by atoms with Crippen LogP contribution in [-0.2, 0) is 24.7 Å². The van der Waals surface area contributed by atoms with E-state index in [1.807, 2.05) is 32.9 Å². The lowest BCUT2D eigenvalue weighted by Crippen LogP contribution is -3.19. The van der Waals surface area contributed by atoms with Crippen LogP contribution in [-0.4, -0.2) is 43.4 Å². The Balaban J connectivity index is 1.57. The largest absolute Gasteiger partial charge is 0.465 e. The molecule has 3 amide bonds. The molecule has 2 aromatic rings. The highest BCUT2D eigenvalue weighted by Crippen LogP contribution is 2.54. The third-order valence-electron chi connectivity index (χ3n) is 8.63. The molecular weight excluding hydrogens is 466 g/mol. The molecule has 1 spiro atoms. The van der Waals surface area contributed by atoms with Gasteiger partial charge in [-0.3, -0.25) is 14.4 Å². The molecule has 0 bridgehead atoms. The monoisotopic (exact) mass is 494 g/mol. The quantitative estimate of drug-likeness (QED) is 0.490. The van der Waals surface area contributed by atoms with E-state index in [0.29, 0.717) is 10.6 Å². The summed E-state index contributed by atoms with van der Waals surface area (Å²) in [6.07, 6.45) is 1.68. The van der Waals surface area contributed by atoms with Crippen LogP contribution >= 0.6 is 11.3 Å². The molecule has 0 aliphatic carbocycles. The number of quaternary nitrogens is 1. The van der Waals surface area contributed by atoms with Crippen molar-refractivity contribution in [2.24, 2.45) is 11.8 Å². The first kappa shape index (κ1) is 22.4. The van der Waals surface area contributed by atoms with Gasteiger partial charge in [-0.25, -0.2) is 9.69 Å². The van der Waals surface area contributed by atoms with Gasteiger partial charge in [0.1, 0.15) is 22.9 Å². The number of amides is 3. The van der Waals surface area contributed by atoms with Gasteiger partial charge in [-0.2, -0.15) is 0 Å². The first-order valence-corrected chi connectivity index (χ1v) is 12.8. The van der Waals surface area contributed by atoms with Crippen LogP contribution in [0.25, 0.3) is 0 Å². The van der Waals surface area contributed by atoms with Gasteiger partial charge in [-0.05, 0) is 44.9 Å². The molecule has 1 aromatic heterocycles. The number of ether oxygens (including phenoxy) is 1.